The molecule has 0 aliphatic carbocycles. The summed E-state index contributed by atoms with van der Waals surface area (Å²) in [6.45, 7) is 0. The molecule has 0 amide bonds. The summed E-state index contributed by atoms with van der Waals surface area (Å²) >= 11 is 0. The van der Waals surface area contributed by atoms with Crippen molar-refractivity contribution in [3.8, 4) is 5.69 Å². The van der Waals surface area contributed by atoms with Crippen molar-refractivity contribution in [3.63, 3.8) is 0 Å². The number of aliphatic imine (C=N–C) groups is 1. The van der Waals surface area contributed by atoms with E-state index in [-0.39, 0.29) is 11.5 Å². The molecule has 1 aromatic heterocycles. The quantitative estimate of drug-likeness (QED) is 0.460. The van der Waals surface area contributed by atoms with Crippen LogP contribution in [0.5, 0.6) is 0 Å². The average Bonchev–Trinajstić information content (AvgIpc) is 2.97. The number of carbonyl (C=O) groups is 1. The zero-order chi connectivity index (χ0) is 19.8. The lowest BCUT2D eigenvalue weighted by atomic mass is 10.0. The molecule has 6 heteroatoms. The van der Waals surface area contributed by atoms with E-state index in [0.29, 0.717) is 34.0 Å². The Kier molecular flexibility index (Phi) is 3.95. The van der Waals surface area contributed by atoms with Gasteiger partial charge in [-0.05, 0) is 30.3 Å². The van der Waals surface area contributed by atoms with Crippen LogP contribution in [0.4, 0.5) is 17.2 Å². The van der Waals surface area contributed by atoms with E-state index in [4.69, 9.17) is 0 Å². The van der Waals surface area contributed by atoms with Gasteiger partial charge in [0.05, 0.1) is 23.3 Å². The molecule has 2 heterocycles. The number of aromatic amines is 1. The van der Waals surface area contributed by atoms with Gasteiger partial charge in [0.25, 0.3) is 0 Å². The highest BCUT2D eigenvalue weighted by molar-refractivity contribution is 6.10. The standard InChI is InChI=1S/C23H16N4O2/c28-21(15-7-3-1-4-8-15)16-11-12-18-19(13-16)25-22-20(14-24-18)27(23(29)26-22)17-9-5-2-6-10-17/h1-14,25H,(H,26,29). The molecule has 29 heavy (non-hydrogen) atoms. The number of fused-ring (bicyclic) bond motifs is 2. The van der Waals surface area contributed by atoms with Crippen LogP contribution in [-0.4, -0.2) is 21.5 Å². The lowest BCUT2D eigenvalue weighted by Gasteiger charge is -2.08. The number of nitrogens with one attached hydrogen (secondary N) is 2. The number of para-hydroxylation sites is 1. The molecule has 0 saturated heterocycles. The lowest BCUT2D eigenvalue weighted by molar-refractivity contribution is 0.103. The molecule has 0 saturated carbocycles. The van der Waals surface area contributed by atoms with Crippen LogP contribution in [0.25, 0.3) is 5.69 Å². The number of nitrogens with zero attached hydrogens (tertiary/aromatic N) is 2. The Hall–Kier alpha value is -4.19. The fourth-order valence-electron chi connectivity index (χ4n) is 3.41. The highest BCUT2D eigenvalue weighted by Gasteiger charge is 2.19. The van der Waals surface area contributed by atoms with Crippen LogP contribution in [0.15, 0.2) is 88.6 Å². The van der Waals surface area contributed by atoms with Gasteiger partial charge in [-0.1, -0.05) is 48.5 Å². The molecule has 0 spiro atoms. The molecular weight excluding hydrogens is 364 g/mol. The number of hydrogen-bond donors (Lipinski definition) is 2. The van der Waals surface area contributed by atoms with Crippen LogP contribution in [0, 0.1) is 0 Å². The summed E-state index contributed by atoms with van der Waals surface area (Å²) in [4.78, 5) is 32.7. The largest absolute Gasteiger partial charge is 0.338 e. The lowest BCUT2D eigenvalue weighted by Crippen LogP contribution is -2.16. The van der Waals surface area contributed by atoms with Gasteiger partial charge in [0.2, 0.25) is 0 Å². The molecule has 0 radical (unpaired) electrons. The first-order chi connectivity index (χ1) is 14.2. The van der Waals surface area contributed by atoms with Gasteiger partial charge in [-0.2, -0.15) is 0 Å². The van der Waals surface area contributed by atoms with E-state index in [9.17, 15) is 9.59 Å². The number of aromatic nitrogens is 2. The van der Waals surface area contributed by atoms with Crippen molar-refractivity contribution in [1.82, 2.24) is 9.55 Å². The van der Waals surface area contributed by atoms with Crippen LogP contribution >= 0.6 is 0 Å². The fraction of sp³-hybridized carbons (Fsp3) is 0. The first kappa shape index (κ1) is 16.9. The molecule has 1 aliphatic rings. The maximum absolute atomic E-state index is 12.8. The van der Waals surface area contributed by atoms with Gasteiger partial charge in [-0.15, -0.1) is 0 Å². The third-order valence-electron chi connectivity index (χ3n) is 4.83. The van der Waals surface area contributed by atoms with Crippen molar-refractivity contribution in [3.05, 3.63) is 106 Å². The average molecular weight is 380 g/mol. The molecule has 0 atom stereocenters. The maximum atomic E-state index is 12.8. The van der Waals surface area contributed by atoms with Crippen LogP contribution in [-0.2, 0) is 0 Å². The van der Waals surface area contributed by atoms with Crippen molar-refractivity contribution < 1.29 is 4.79 Å². The van der Waals surface area contributed by atoms with Crippen molar-refractivity contribution in [2.24, 2.45) is 4.99 Å². The van der Waals surface area contributed by atoms with E-state index in [1.807, 2.05) is 48.5 Å². The van der Waals surface area contributed by atoms with Gasteiger partial charge in [0.15, 0.2) is 5.78 Å². The minimum Gasteiger partial charge on any atom is -0.338 e. The third-order valence-corrected chi connectivity index (χ3v) is 4.83. The van der Waals surface area contributed by atoms with Gasteiger partial charge >= 0.3 is 5.69 Å². The Morgan fingerprint density at radius 2 is 1.59 bits per heavy atom. The molecule has 3 aromatic carbocycles. The van der Waals surface area contributed by atoms with Crippen molar-refractivity contribution in [2.75, 3.05) is 5.32 Å². The molecule has 0 bridgehead atoms. The summed E-state index contributed by atoms with van der Waals surface area (Å²) < 4.78 is 1.56. The topological polar surface area (TPSA) is 79.2 Å². The zero-order valence-electron chi connectivity index (χ0n) is 15.3. The Labute approximate surface area is 166 Å². The summed E-state index contributed by atoms with van der Waals surface area (Å²) in [5.41, 5.74) is 3.61. The van der Waals surface area contributed by atoms with Gasteiger partial charge in [0, 0.05) is 11.1 Å². The first-order valence-electron chi connectivity index (χ1n) is 9.16. The Bertz CT molecular complexity index is 1300. The van der Waals surface area contributed by atoms with Crippen LogP contribution in [0.2, 0.25) is 0 Å². The fourth-order valence-corrected chi connectivity index (χ4v) is 3.41. The maximum Gasteiger partial charge on any atom is 0.332 e. The van der Waals surface area contributed by atoms with E-state index >= 15 is 0 Å². The highest BCUT2D eigenvalue weighted by Crippen LogP contribution is 2.33. The minimum atomic E-state index is -0.264. The van der Waals surface area contributed by atoms with Crippen LogP contribution in [0.1, 0.15) is 21.6 Å². The zero-order valence-corrected chi connectivity index (χ0v) is 15.3. The monoisotopic (exact) mass is 380 g/mol. The van der Waals surface area contributed by atoms with Crippen LogP contribution in [0.3, 0.4) is 0 Å². The highest BCUT2D eigenvalue weighted by atomic mass is 16.1. The second kappa shape index (κ2) is 6.76. The number of imidazole rings is 1. The molecule has 5 rings (SSSR count). The molecule has 2 N–H and O–H groups in total. The van der Waals surface area contributed by atoms with Crippen molar-refractivity contribution in [2.45, 2.75) is 0 Å². The Morgan fingerprint density at radius 3 is 2.34 bits per heavy atom. The number of ketones is 1. The predicted octanol–water partition coefficient (Wildman–Crippen LogP) is 4.20. The van der Waals surface area contributed by atoms with E-state index in [0.717, 1.165) is 5.69 Å². The van der Waals surface area contributed by atoms with Gasteiger partial charge in [0.1, 0.15) is 11.5 Å². The first-order valence-corrected chi connectivity index (χ1v) is 9.16. The number of benzene rings is 3. The Balaban J connectivity index is 1.57. The molecular formula is C23H16N4O2. The van der Waals surface area contributed by atoms with E-state index in [1.165, 1.54) is 0 Å². The van der Waals surface area contributed by atoms with Gasteiger partial charge in [-0.3, -0.25) is 19.3 Å². The number of carbonyl (C=O) groups excluding carboxylic acids is 1. The molecule has 0 unspecified atom stereocenters. The van der Waals surface area contributed by atoms with Crippen LogP contribution < -0.4 is 11.0 Å². The third kappa shape index (κ3) is 2.96. The second-order valence-electron chi connectivity index (χ2n) is 6.67. The summed E-state index contributed by atoms with van der Waals surface area (Å²) in [5.74, 6) is 0.463. The van der Waals surface area contributed by atoms with E-state index in [2.05, 4.69) is 15.3 Å². The van der Waals surface area contributed by atoms with Gasteiger partial charge < -0.3 is 5.32 Å². The second-order valence-corrected chi connectivity index (χ2v) is 6.67. The molecule has 6 nitrogen and oxygen atoms in total. The summed E-state index contributed by atoms with van der Waals surface area (Å²) in [7, 11) is 0. The number of H-pyrrole nitrogens is 1. The number of rotatable bonds is 3. The van der Waals surface area contributed by atoms with E-state index in [1.54, 1.807) is 41.1 Å². The number of hydrogen-bond acceptors (Lipinski definition) is 4. The minimum absolute atomic E-state index is 0.0704. The van der Waals surface area contributed by atoms with Crippen molar-refractivity contribution in [1.29, 1.82) is 0 Å². The molecule has 4 aromatic rings. The van der Waals surface area contributed by atoms with Crippen molar-refractivity contribution >= 4 is 29.2 Å². The Morgan fingerprint density at radius 1 is 0.862 bits per heavy atom. The SMILES string of the molecule is O=C(c1ccccc1)c1ccc2c(c1)Nc1[nH]c(=O)n(-c3ccccc3)c1C=N2. The summed E-state index contributed by atoms with van der Waals surface area (Å²) in [6.07, 6.45) is 1.65. The normalized spacial score (nSPS) is 11.9. The molecule has 0 fully saturated rings. The van der Waals surface area contributed by atoms with E-state index < -0.39 is 0 Å². The summed E-state index contributed by atoms with van der Waals surface area (Å²) in [5, 5.41) is 3.23. The predicted molar refractivity (Wildman–Crippen MR) is 113 cm³/mol. The number of anilines is 2. The molecule has 140 valence electrons. The van der Waals surface area contributed by atoms with Gasteiger partial charge in [-0.25, -0.2) is 4.79 Å². The molecule has 1 aliphatic heterocycles. The smallest absolute Gasteiger partial charge is 0.332 e. The summed E-state index contributed by atoms with van der Waals surface area (Å²) in [6, 6.07) is 23.8.